The number of nitrogens with two attached hydrogens (primary N) is 1. The van der Waals surface area contributed by atoms with Gasteiger partial charge >= 0.3 is 0 Å². The molecule has 1 aromatic carbocycles. The zero-order valence-corrected chi connectivity index (χ0v) is 10.7. The van der Waals surface area contributed by atoms with Crippen LogP contribution in [0.25, 0.3) is 0 Å². The average molecular weight is 264 g/mol. The van der Waals surface area contributed by atoms with E-state index in [4.69, 9.17) is 17.3 Å². The van der Waals surface area contributed by atoms with E-state index in [0.717, 1.165) is 0 Å². The van der Waals surface area contributed by atoms with Crippen LogP contribution >= 0.6 is 11.6 Å². The van der Waals surface area contributed by atoms with Crippen molar-refractivity contribution in [3.63, 3.8) is 0 Å². The molecule has 0 heterocycles. The molecule has 1 rings (SSSR count). The highest BCUT2D eigenvalue weighted by molar-refractivity contribution is 7.84. The van der Waals surface area contributed by atoms with Crippen LogP contribution in [-0.2, 0) is 16.6 Å². The van der Waals surface area contributed by atoms with Gasteiger partial charge in [-0.05, 0) is 18.5 Å². The van der Waals surface area contributed by atoms with Gasteiger partial charge in [0.25, 0.3) is 0 Å². The van der Waals surface area contributed by atoms with Crippen molar-refractivity contribution in [1.82, 2.24) is 0 Å². The summed E-state index contributed by atoms with van der Waals surface area (Å²) < 4.78 is 25.2. The Hall–Kier alpha value is -0.450. The van der Waals surface area contributed by atoms with Gasteiger partial charge in [-0.1, -0.05) is 30.7 Å². The normalized spacial score (nSPS) is 14.8. The van der Waals surface area contributed by atoms with Crippen molar-refractivity contribution in [2.45, 2.75) is 12.7 Å². The lowest BCUT2D eigenvalue weighted by atomic mass is 10.2. The first-order chi connectivity index (χ1) is 7.54. The fraction of sp³-hybridized carbons (Fsp3) is 0.455. The number of benzene rings is 1. The summed E-state index contributed by atoms with van der Waals surface area (Å²) in [5.74, 6) is 0.389. The molecule has 0 saturated carbocycles. The Labute approximate surface area is 102 Å². The van der Waals surface area contributed by atoms with Crippen molar-refractivity contribution in [2.75, 3.05) is 12.3 Å². The lowest BCUT2D eigenvalue weighted by molar-refractivity contribution is 0.613. The van der Waals surface area contributed by atoms with E-state index in [1.54, 1.807) is 12.1 Å². The van der Waals surface area contributed by atoms with Gasteiger partial charge in [0, 0.05) is 22.1 Å². The molecule has 16 heavy (non-hydrogen) atoms. The number of rotatable bonds is 5. The second kappa shape index (κ2) is 6.33. The van der Waals surface area contributed by atoms with E-state index in [9.17, 15) is 8.60 Å². The summed E-state index contributed by atoms with van der Waals surface area (Å²) in [5, 5.41) is 0.0707. The molecule has 2 N–H and O–H groups in total. The van der Waals surface area contributed by atoms with Gasteiger partial charge in [0.1, 0.15) is 5.82 Å². The minimum atomic E-state index is -1.10. The van der Waals surface area contributed by atoms with E-state index in [1.165, 1.54) is 6.07 Å². The van der Waals surface area contributed by atoms with Crippen LogP contribution in [0, 0.1) is 11.7 Å². The van der Waals surface area contributed by atoms with E-state index in [2.05, 4.69) is 0 Å². The quantitative estimate of drug-likeness (QED) is 0.886. The molecule has 90 valence electrons. The molecule has 2 unspecified atom stereocenters. The molecule has 0 aliphatic rings. The lowest BCUT2D eigenvalue weighted by Crippen LogP contribution is -2.18. The van der Waals surface area contributed by atoms with E-state index < -0.39 is 16.6 Å². The number of hydrogen-bond acceptors (Lipinski definition) is 2. The molecule has 1 aromatic rings. The predicted octanol–water partition coefficient (Wildman–Crippen LogP) is 2.32. The van der Waals surface area contributed by atoms with Gasteiger partial charge in [-0.3, -0.25) is 4.21 Å². The fourth-order valence-corrected chi connectivity index (χ4v) is 2.93. The fourth-order valence-electron chi connectivity index (χ4n) is 1.28. The van der Waals surface area contributed by atoms with Gasteiger partial charge in [0.15, 0.2) is 0 Å². The third-order valence-corrected chi connectivity index (χ3v) is 4.09. The molecular formula is C11H15ClFNOS. The van der Waals surface area contributed by atoms with Crippen LogP contribution in [0.1, 0.15) is 12.5 Å². The molecule has 5 heteroatoms. The minimum absolute atomic E-state index is 0.0707. The summed E-state index contributed by atoms with van der Waals surface area (Å²) in [6, 6.07) is 4.74. The molecular weight excluding hydrogens is 249 g/mol. The first kappa shape index (κ1) is 13.6. The molecule has 0 saturated heterocycles. The Balaban J connectivity index is 2.66. The van der Waals surface area contributed by atoms with Crippen LogP contribution < -0.4 is 5.73 Å². The summed E-state index contributed by atoms with van der Waals surface area (Å²) in [6.07, 6.45) is 0. The Bertz CT molecular complexity index is 386. The molecule has 0 aromatic heterocycles. The molecule has 0 bridgehead atoms. The Morgan fingerprint density at radius 3 is 2.88 bits per heavy atom. The van der Waals surface area contributed by atoms with Crippen molar-refractivity contribution in [1.29, 1.82) is 0 Å². The van der Waals surface area contributed by atoms with Gasteiger partial charge in [-0.25, -0.2) is 4.39 Å². The maximum Gasteiger partial charge on any atom is 0.145 e. The van der Waals surface area contributed by atoms with Crippen molar-refractivity contribution < 1.29 is 8.60 Å². The summed E-state index contributed by atoms with van der Waals surface area (Å²) >= 11 is 5.64. The SMILES string of the molecule is CC(CN)CS(=O)Cc1cccc(Cl)c1F. The molecule has 0 amide bonds. The molecule has 0 radical (unpaired) electrons. The third kappa shape index (κ3) is 3.85. The minimum Gasteiger partial charge on any atom is -0.330 e. The van der Waals surface area contributed by atoms with Crippen LogP contribution in [0.2, 0.25) is 5.02 Å². The van der Waals surface area contributed by atoms with Crippen LogP contribution in [0.5, 0.6) is 0 Å². The third-order valence-electron chi connectivity index (χ3n) is 2.22. The van der Waals surface area contributed by atoms with Crippen LogP contribution in [-0.4, -0.2) is 16.5 Å². The molecule has 2 nitrogen and oxygen atoms in total. The van der Waals surface area contributed by atoms with E-state index >= 15 is 0 Å². The second-order valence-electron chi connectivity index (χ2n) is 3.80. The zero-order chi connectivity index (χ0) is 12.1. The maximum absolute atomic E-state index is 13.5. The standard InChI is InChI=1S/C11H15ClFNOS/c1-8(5-14)6-16(15)7-9-3-2-4-10(12)11(9)13/h2-4,8H,5-7,14H2,1H3. The van der Waals surface area contributed by atoms with Gasteiger partial charge in [-0.15, -0.1) is 0 Å². The zero-order valence-electron chi connectivity index (χ0n) is 9.08. The van der Waals surface area contributed by atoms with E-state index in [1.807, 2.05) is 6.92 Å². The molecule has 0 fully saturated rings. The van der Waals surface area contributed by atoms with Crippen molar-refractivity contribution in [3.8, 4) is 0 Å². The topological polar surface area (TPSA) is 43.1 Å². The summed E-state index contributed by atoms with van der Waals surface area (Å²) in [6.45, 7) is 2.41. The molecule has 0 aliphatic heterocycles. The highest BCUT2D eigenvalue weighted by atomic mass is 35.5. The Morgan fingerprint density at radius 1 is 1.56 bits per heavy atom. The van der Waals surface area contributed by atoms with Gasteiger partial charge in [0.05, 0.1) is 10.8 Å². The first-order valence-corrected chi connectivity index (χ1v) is 6.89. The van der Waals surface area contributed by atoms with Gasteiger partial charge in [-0.2, -0.15) is 0 Å². The molecule has 0 aliphatic carbocycles. The van der Waals surface area contributed by atoms with Gasteiger partial charge < -0.3 is 5.73 Å². The van der Waals surface area contributed by atoms with Crippen molar-refractivity contribution >= 4 is 22.4 Å². The first-order valence-electron chi connectivity index (χ1n) is 5.02. The number of halogens is 2. The smallest absolute Gasteiger partial charge is 0.145 e. The molecule has 2 atom stereocenters. The van der Waals surface area contributed by atoms with E-state index in [0.29, 0.717) is 17.9 Å². The Kier molecular flexibility index (Phi) is 5.38. The second-order valence-corrected chi connectivity index (χ2v) is 5.71. The van der Waals surface area contributed by atoms with E-state index in [-0.39, 0.29) is 16.7 Å². The van der Waals surface area contributed by atoms with Crippen LogP contribution in [0.15, 0.2) is 18.2 Å². The van der Waals surface area contributed by atoms with Crippen LogP contribution in [0.3, 0.4) is 0 Å². The monoisotopic (exact) mass is 263 g/mol. The summed E-state index contributed by atoms with van der Waals surface area (Å²) in [5.41, 5.74) is 5.84. The average Bonchev–Trinajstić information content (AvgIpc) is 2.24. The highest BCUT2D eigenvalue weighted by Crippen LogP contribution is 2.19. The Morgan fingerprint density at radius 2 is 2.25 bits per heavy atom. The predicted molar refractivity (Wildman–Crippen MR) is 66.3 cm³/mol. The largest absolute Gasteiger partial charge is 0.330 e. The summed E-state index contributed by atoms with van der Waals surface area (Å²) in [4.78, 5) is 0. The van der Waals surface area contributed by atoms with Crippen molar-refractivity contribution in [2.24, 2.45) is 11.7 Å². The van der Waals surface area contributed by atoms with Crippen molar-refractivity contribution in [3.05, 3.63) is 34.6 Å². The molecule has 0 spiro atoms. The highest BCUT2D eigenvalue weighted by Gasteiger charge is 2.11. The summed E-state index contributed by atoms with van der Waals surface area (Å²) in [7, 11) is -1.10. The van der Waals surface area contributed by atoms with Crippen LogP contribution in [0.4, 0.5) is 4.39 Å². The lowest BCUT2D eigenvalue weighted by Gasteiger charge is -2.08. The van der Waals surface area contributed by atoms with Gasteiger partial charge in [0.2, 0.25) is 0 Å². The number of hydrogen-bond donors (Lipinski definition) is 1. The maximum atomic E-state index is 13.5.